The van der Waals surface area contributed by atoms with Gasteiger partial charge in [0.2, 0.25) is 5.75 Å². The molecule has 2 aromatic carbocycles. The Morgan fingerprint density at radius 2 is 1.30 bits per heavy atom. The highest BCUT2D eigenvalue weighted by Gasteiger charge is 2.26. The second kappa shape index (κ2) is 15.3. The van der Waals surface area contributed by atoms with Crippen LogP contribution in [0.5, 0.6) is 34.5 Å². The Morgan fingerprint density at radius 3 is 1.77 bits per heavy atom. The Balaban J connectivity index is 1.98. The van der Waals surface area contributed by atoms with Crippen molar-refractivity contribution in [2.75, 3.05) is 35.5 Å². The lowest BCUT2D eigenvalue weighted by Crippen LogP contribution is -2.40. The van der Waals surface area contributed by atoms with Gasteiger partial charge in [0.05, 0.1) is 35.5 Å². The van der Waals surface area contributed by atoms with Crippen molar-refractivity contribution in [2.24, 2.45) is 0 Å². The fourth-order valence-corrected chi connectivity index (χ4v) is 4.21. The van der Waals surface area contributed by atoms with Gasteiger partial charge >= 0.3 is 11.9 Å². The van der Waals surface area contributed by atoms with Crippen molar-refractivity contribution in [2.45, 2.75) is 33.2 Å². The third-order valence-electron chi connectivity index (χ3n) is 6.46. The van der Waals surface area contributed by atoms with Crippen molar-refractivity contribution in [1.82, 2.24) is 10.3 Å². The van der Waals surface area contributed by atoms with Gasteiger partial charge < -0.3 is 38.5 Å². The summed E-state index contributed by atoms with van der Waals surface area (Å²) in [5.74, 6) is 0.0621. The number of aromatic nitrogens is 1. The minimum Gasteiger partial charge on any atom is -0.493 e. The van der Waals surface area contributed by atoms with Crippen molar-refractivity contribution in [1.29, 1.82) is 0 Å². The van der Waals surface area contributed by atoms with E-state index in [0.717, 1.165) is 0 Å². The Hall–Kier alpha value is -5.26. The number of hydrogen-bond donors (Lipinski definition) is 1. The minimum atomic E-state index is -1.13. The summed E-state index contributed by atoms with van der Waals surface area (Å²) in [6.07, 6.45) is 1.39. The van der Waals surface area contributed by atoms with E-state index < -0.39 is 23.9 Å². The number of nitrogens with one attached hydrogen (secondary N) is 1. The van der Waals surface area contributed by atoms with Crippen LogP contribution in [0.2, 0.25) is 0 Å². The topological polar surface area (TPSA) is 141 Å². The lowest BCUT2D eigenvalue weighted by molar-refractivity contribution is -0.141. The number of methoxy groups -OCH3 is 5. The standard InChI is InChI=1S/C32H36N2O10/c1-9-27(35)44-30-24(40-6)14-15-33-29(30)31(36)34-18(2)32(37)43-19(3)28(20-10-12-22(38-4)25(16-20)41-7)21-11-13-23(39-5)26(17-21)42-8/h10-18H,9H2,1-8H3,(H,34,36)/t18-/m0/s1. The van der Waals surface area contributed by atoms with Gasteiger partial charge in [-0.25, -0.2) is 9.78 Å². The number of amides is 1. The zero-order valence-corrected chi connectivity index (χ0v) is 25.9. The third kappa shape index (κ3) is 7.57. The number of carbonyl (C=O) groups is 3. The van der Waals surface area contributed by atoms with Crippen molar-refractivity contribution >= 4 is 23.4 Å². The normalized spacial score (nSPS) is 11.0. The number of benzene rings is 2. The van der Waals surface area contributed by atoms with Gasteiger partial charge in [0.1, 0.15) is 11.8 Å². The van der Waals surface area contributed by atoms with Gasteiger partial charge in [0.25, 0.3) is 5.91 Å². The molecule has 0 aliphatic heterocycles. The number of hydrogen-bond acceptors (Lipinski definition) is 11. The highest BCUT2D eigenvalue weighted by molar-refractivity contribution is 5.99. The van der Waals surface area contributed by atoms with Crippen LogP contribution in [-0.4, -0.2) is 64.4 Å². The van der Waals surface area contributed by atoms with Gasteiger partial charge in [-0.1, -0.05) is 19.1 Å². The maximum atomic E-state index is 13.3. The fourth-order valence-electron chi connectivity index (χ4n) is 4.21. The van der Waals surface area contributed by atoms with E-state index in [1.54, 1.807) is 50.2 Å². The molecule has 0 spiro atoms. The number of allylic oxidation sites excluding steroid dienone is 1. The number of carbonyl (C=O) groups excluding carboxylic acids is 3. The monoisotopic (exact) mass is 608 g/mol. The molecule has 1 aromatic heterocycles. The van der Waals surface area contributed by atoms with Crippen LogP contribution in [0.4, 0.5) is 0 Å². The molecule has 0 bridgehead atoms. The summed E-state index contributed by atoms with van der Waals surface area (Å²) >= 11 is 0. The average Bonchev–Trinajstić information content (AvgIpc) is 3.04. The number of nitrogens with zero attached hydrogens (tertiary/aromatic N) is 1. The average molecular weight is 609 g/mol. The van der Waals surface area contributed by atoms with Crippen LogP contribution in [0.3, 0.4) is 0 Å². The molecule has 0 saturated carbocycles. The van der Waals surface area contributed by atoms with Gasteiger partial charge in [0.15, 0.2) is 34.4 Å². The third-order valence-corrected chi connectivity index (χ3v) is 6.46. The molecule has 0 unspecified atom stereocenters. The molecule has 12 nitrogen and oxygen atoms in total. The predicted octanol–water partition coefficient (Wildman–Crippen LogP) is 4.58. The van der Waals surface area contributed by atoms with E-state index in [1.807, 2.05) is 0 Å². The highest BCUT2D eigenvalue weighted by atomic mass is 16.6. The molecule has 0 aliphatic carbocycles. The van der Waals surface area contributed by atoms with Crippen molar-refractivity contribution in [3.05, 3.63) is 71.2 Å². The van der Waals surface area contributed by atoms with Crippen LogP contribution in [-0.2, 0) is 14.3 Å². The lowest BCUT2D eigenvalue weighted by Gasteiger charge is -2.19. The van der Waals surface area contributed by atoms with E-state index in [1.165, 1.54) is 54.7 Å². The van der Waals surface area contributed by atoms with Crippen molar-refractivity contribution in [3.63, 3.8) is 0 Å². The number of esters is 2. The van der Waals surface area contributed by atoms with E-state index in [2.05, 4.69) is 10.3 Å². The Bertz CT molecular complexity index is 1490. The zero-order valence-electron chi connectivity index (χ0n) is 25.9. The molecule has 0 saturated heterocycles. The molecule has 0 radical (unpaired) electrons. The van der Waals surface area contributed by atoms with Crippen LogP contribution in [0.1, 0.15) is 48.8 Å². The number of rotatable bonds is 13. The van der Waals surface area contributed by atoms with Gasteiger partial charge in [-0.05, 0) is 49.2 Å². The summed E-state index contributed by atoms with van der Waals surface area (Å²) in [5, 5.41) is 2.55. The van der Waals surface area contributed by atoms with Crippen molar-refractivity contribution in [3.8, 4) is 34.5 Å². The van der Waals surface area contributed by atoms with Gasteiger partial charge in [-0.3, -0.25) is 9.59 Å². The molecule has 12 heteroatoms. The summed E-state index contributed by atoms with van der Waals surface area (Å²) in [7, 11) is 7.46. The van der Waals surface area contributed by atoms with Crippen LogP contribution < -0.4 is 33.7 Å². The summed E-state index contributed by atoms with van der Waals surface area (Å²) in [5.41, 5.74) is 1.62. The fraction of sp³-hybridized carbons (Fsp3) is 0.312. The van der Waals surface area contributed by atoms with E-state index in [9.17, 15) is 14.4 Å². The maximum Gasteiger partial charge on any atom is 0.333 e. The number of ether oxygens (including phenoxy) is 7. The number of pyridine rings is 1. The highest BCUT2D eigenvalue weighted by Crippen LogP contribution is 2.38. The van der Waals surface area contributed by atoms with Gasteiger partial charge in [0, 0.05) is 24.3 Å². The second-order valence-corrected chi connectivity index (χ2v) is 9.21. The molecule has 3 aromatic rings. The van der Waals surface area contributed by atoms with E-state index >= 15 is 0 Å². The smallest absolute Gasteiger partial charge is 0.333 e. The van der Waals surface area contributed by atoms with E-state index in [0.29, 0.717) is 39.7 Å². The Morgan fingerprint density at radius 1 is 0.773 bits per heavy atom. The second-order valence-electron chi connectivity index (χ2n) is 9.21. The summed E-state index contributed by atoms with van der Waals surface area (Å²) < 4.78 is 38.1. The molecule has 234 valence electrons. The Kier molecular flexibility index (Phi) is 11.5. The van der Waals surface area contributed by atoms with Gasteiger partial charge in [-0.2, -0.15) is 0 Å². The lowest BCUT2D eigenvalue weighted by atomic mass is 9.96. The molecule has 1 amide bonds. The molecular weight excluding hydrogens is 572 g/mol. The molecule has 1 N–H and O–H groups in total. The van der Waals surface area contributed by atoms with E-state index in [4.69, 9.17) is 33.2 Å². The molecule has 1 atom stereocenters. The quantitative estimate of drug-likeness (QED) is 0.215. The first kappa shape index (κ1) is 33.2. The molecule has 0 fully saturated rings. The predicted molar refractivity (Wildman–Crippen MR) is 161 cm³/mol. The van der Waals surface area contributed by atoms with Crippen LogP contribution in [0, 0.1) is 0 Å². The molecule has 44 heavy (non-hydrogen) atoms. The Labute approximate surface area is 255 Å². The summed E-state index contributed by atoms with van der Waals surface area (Å²) in [6.45, 7) is 4.69. The SMILES string of the molecule is CCC(=O)Oc1c(OC)ccnc1C(=O)N[C@@H](C)C(=O)OC(C)=C(c1ccc(OC)c(OC)c1)c1ccc(OC)c(OC)c1. The van der Waals surface area contributed by atoms with Crippen LogP contribution in [0.25, 0.3) is 5.57 Å². The minimum absolute atomic E-state index is 0.0654. The van der Waals surface area contributed by atoms with Crippen LogP contribution in [0.15, 0.2) is 54.4 Å². The summed E-state index contributed by atoms with van der Waals surface area (Å²) in [6, 6.07) is 10.9. The molecule has 0 aliphatic rings. The van der Waals surface area contributed by atoms with Crippen LogP contribution >= 0.6 is 0 Å². The van der Waals surface area contributed by atoms with Crippen molar-refractivity contribution < 1.29 is 47.5 Å². The largest absolute Gasteiger partial charge is 0.493 e. The van der Waals surface area contributed by atoms with E-state index in [-0.39, 0.29) is 29.4 Å². The molecule has 1 heterocycles. The molecular formula is C32H36N2O10. The summed E-state index contributed by atoms with van der Waals surface area (Å²) in [4.78, 5) is 42.4. The first-order valence-electron chi connectivity index (χ1n) is 13.5. The molecule has 3 rings (SSSR count). The maximum absolute atomic E-state index is 13.3. The van der Waals surface area contributed by atoms with Gasteiger partial charge in [-0.15, -0.1) is 0 Å². The first-order valence-corrected chi connectivity index (χ1v) is 13.5. The first-order chi connectivity index (χ1) is 21.1. The zero-order chi connectivity index (χ0) is 32.4.